The number of benzene rings is 1. The van der Waals surface area contributed by atoms with E-state index in [0.717, 1.165) is 12.0 Å². The molecule has 1 aromatic carbocycles. The van der Waals surface area contributed by atoms with E-state index < -0.39 is 12.2 Å². The predicted octanol–water partition coefficient (Wildman–Crippen LogP) is 1.15. The molecule has 0 unspecified atom stereocenters. The van der Waals surface area contributed by atoms with Gasteiger partial charge >= 0.3 is 6.09 Å². The zero-order chi connectivity index (χ0) is 13.7. The topological polar surface area (TPSA) is 84.6 Å². The number of amides is 1. The summed E-state index contributed by atoms with van der Waals surface area (Å²) in [5.74, 6) is 0. The summed E-state index contributed by atoms with van der Waals surface area (Å²) < 4.78 is 5.14. The summed E-state index contributed by atoms with van der Waals surface area (Å²) in [4.78, 5) is 11.6. The van der Waals surface area contributed by atoms with Crippen molar-refractivity contribution in [3.05, 3.63) is 35.9 Å². The molecule has 4 N–H and O–H groups in total. The SMILES string of the molecule is N[C@@H]1C[C@@H](NC(=O)OCc2ccccc2)CC[C@H]1O. The van der Waals surface area contributed by atoms with Gasteiger partial charge in [0.05, 0.1) is 6.10 Å². The molecule has 0 heterocycles. The molecule has 1 aliphatic carbocycles. The first-order valence-corrected chi connectivity index (χ1v) is 6.56. The van der Waals surface area contributed by atoms with Gasteiger partial charge in [-0.25, -0.2) is 4.79 Å². The molecule has 104 valence electrons. The van der Waals surface area contributed by atoms with Crippen molar-refractivity contribution in [3.63, 3.8) is 0 Å². The summed E-state index contributed by atoms with van der Waals surface area (Å²) in [5, 5.41) is 12.3. The maximum absolute atomic E-state index is 11.6. The number of ether oxygens (including phenoxy) is 1. The second kappa shape index (κ2) is 6.54. The lowest BCUT2D eigenvalue weighted by molar-refractivity contribution is 0.0881. The summed E-state index contributed by atoms with van der Waals surface area (Å²) in [5.41, 5.74) is 6.72. The first kappa shape index (κ1) is 13.8. The molecule has 1 saturated carbocycles. The minimum Gasteiger partial charge on any atom is -0.445 e. The van der Waals surface area contributed by atoms with Crippen molar-refractivity contribution in [1.29, 1.82) is 0 Å². The molecule has 0 radical (unpaired) electrons. The summed E-state index contributed by atoms with van der Waals surface area (Å²) in [6.45, 7) is 0.258. The Morgan fingerprint density at radius 2 is 2.11 bits per heavy atom. The maximum Gasteiger partial charge on any atom is 0.407 e. The molecule has 1 aromatic rings. The molecule has 0 aliphatic heterocycles. The zero-order valence-corrected chi connectivity index (χ0v) is 10.8. The molecule has 0 aromatic heterocycles. The molecule has 5 nitrogen and oxygen atoms in total. The van der Waals surface area contributed by atoms with Gasteiger partial charge < -0.3 is 20.9 Å². The summed E-state index contributed by atoms with van der Waals surface area (Å²) >= 11 is 0. The van der Waals surface area contributed by atoms with Crippen LogP contribution in [0.15, 0.2) is 30.3 Å². The summed E-state index contributed by atoms with van der Waals surface area (Å²) in [7, 11) is 0. The number of aliphatic hydroxyl groups excluding tert-OH is 1. The van der Waals surface area contributed by atoms with Crippen LogP contribution in [0, 0.1) is 0 Å². The molecular formula is C14H20N2O3. The normalized spacial score (nSPS) is 26.7. The largest absolute Gasteiger partial charge is 0.445 e. The van der Waals surface area contributed by atoms with Crippen molar-refractivity contribution in [3.8, 4) is 0 Å². The Labute approximate surface area is 112 Å². The van der Waals surface area contributed by atoms with Crippen LogP contribution in [-0.2, 0) is 11.3 Å². The van der Waals surface area contributed by atoms with E-state index in [-0.39, 0.29) is 18.7 Å². The maximum atomic E-state index is 11.6. The Bertz CT molecular complexity index is 410. The summed E-state index contributed by atoms with van der Waals surface area (Å²) in [6, 6.07) is 9.24. The molecule has 3 atom stereocenters. The quantitative estimate of drug-likeness (QED) is 0.764. The van der Waals surface area contributed by atoms with Crippen LogP contribution in [0.5, 0.6) is 0 Å². The highest BCUT2D eigenvalue weighted by Crippen LogP contribution is 2.17. The first-order valence-electron chi connectivity index (χ1n) is 6.56. The Morgan fingerprint density at radius 1 is 1.37 bits per heavy atom. The number of carbonyl (C=O) groups is 1. The van der Waals surface area contributed by atoms with Crippen LogP contribution in [0.3, 0.4) is 0 Å². The number of rotatable bonds is 3. The lowest BCUT2D eigenvalue weighted by Gasteiger charge is -2.30. The predicted molar refractivity (Wildman–Crippen MR) is 71.4 cm³/mol. The van der Waals surface area contributed by atoms with Crippen molar-refractivity contribution in [2.75, 3.05) is 0 Å². The highest BCUT2D eigenvalue weighted by molar-refractivity contribution is 5.67. The molecule has 19 heavy (non-hydrogen) atoms. The van der Waals surface area contributed by atoms with Gasteiger partial charge in [-0.3, -0.25) is 0 Å². The van der Waals surface area contributed by atoms with Gasteiger partial charge in [-0.15, -0.1) is 0 Å². The van der Waals surface area contributed by atoms with Crippen LogP contribution in [0.25, 0.3) is 0 Å². The highest BCUT2D eigenvalue weighted by Gasteiger charge is 2.27. The number of alkyl carbamates (subject to hydrolysis) is 1. The van der Waals surface area contributed by atoms with E-state index in [9.17, 15) is 9.90 Å². The van der Waals surface area contributed by atoms with Crippen LogP contribution in [-0.4, -0.2) is 29.4 Å². The van der Waals surface area contributed by atoms with E-state index in [1.54, 1.807) is 0 Å². The average molecular weight is 264 g/mol. The Kier molecular flexibility index (Phi) is 4.76. The molecule has 1 aliphatic rings. The monoisotopic (exact) mass is 264 g/mol. The van der Waals surface area contributed by atoms with Crippen LogP contribution in [0.2, 0.25) is 0 Å². The number of hydrogen-bond acceptors (Lipinski definition) is 4. The number of aliphatic hydroxyl groups is 1. The van der Waals surface area contributed by atoms with Crippen LogP contribution < -0.4 is 11.1 Å². The third-order valence-corrected chi connectivity index (χ3v) is 3.40. The van der Waals surface area contributed by atoms with Crippen molar-refractivity contribution in [2.24, 2.45) is 5.73 Å². The fraction of sp³-hybridized carbons (Fsp3) is 0.500. The van der Waals surface area contributed by atoms with E-state index >= 15 is 0 Å². The molecule has 0 spiro atoms. The fourth-order valence-corrected chi connectivity index (χ4v) is 2.25. The van der Waals surface area contributed by atoms with Crippen LogP contribution in [0.4, 0.5) is 4.79 Å². The second-order valence-corrected chi connectivity index (χ2v) is 4.95. The van der Waals surface area contributed by atoms with Gasteiger partial charge in [0.15, 0.2) is 0 Å². The van der Waals surface area contributed by atoms with Gasteiger partial charge in [0.2, 0.25) is 0 Å². The van der Waals surface area contributed by atoms with E-state index in [0.29, 0.717) is 12.8 Å². The van der Waals surface area contributed by atoms with Crippen molar-refractivity contribution < 1.29 is 14.6 Å². The number of carbonyl (C=O) groups excluding carboxylic acids is 1. The molecule has 2 rings (SSSR count). The molecular weight excluding hydrogens is 244 g/mol. The third-order valence-electron chi connectivity index (χ3n) is 3.40. The Balaban J connectivity index is 1.73. The van der Waals surface area contributed by atoms with E-state index in [2.05, 4.69) is 5.32 Å². The van der Waals surface area contributed by atoms with Crippen LogP contribution >= 0.6 is 0 Å². The smallest absolute Gasteiger partial charge is 0.407 e. The first-order chi connectivity index (χ1) is 9.15. The van der Waals surface area contributed by atoms with Gasteiger partial charge in [-0.05, 0) is 24.8 Å². The van der Waals surface area contributed by atoms with Gasteiger partial charge in [0.25, 0.3) is 0 Å². The summed E-state index contributed by atoms with van der Waals surface area (Å²) in [6.07, 6.45) is 1.04. The zero-order valence-electron chi connectivity index (χ0n) is 10.8. The highest BCUT2D eigenvalue weighted by atomic mass is 16.5. The lowest BCUT2D eigenvalue weighted by Crippen LogP contribution is -2.48. The van der Waals surface area contributed by atoms with E-state index in [1.807, 2.05) is 30.3 Å². The minimum atomic E-state index is -0.460. The Morgan fingerprint density at radius 3 is 2.79 bits per heavy atom. The molecule has 0 bridgehead atoms. The van der Waals surface area contributed by atoms with Crippen LogP contribution in [0.1, 0.15) is 24.8 Å². The van der Waals surface area contributed by atoms with Crippen molar-refractivity contribution >= 4 is 6.09 Å². The minimum absolute atomic E-state index is 0.0123. The lowest BCUT2D eigenvalue weighted by atomic mass is 9.89. The third kappa shape index (κ3) is 4.22. The number of nitrogens with one attached hydrogen (secondary N) is 1. The van der Waals surface area contributed by atoms with E-state index in [1.165, 1.54) is 0 Å². The average Bonchev–Trinajstić information content (AvgIpc) is 2.42. The van der Waals surface area contributed by atoms with Crippen molar-refractivity contribution in [2.45, 2.75) is 44.1 Å². The second-order valence-electron chi connectivity index (χ2n) is 4.95. The van der Waals surface area contributed by atoms with Gasteiger partial charge in [0, 0.05) is 12.1 Å². The molecule has 1 fully saturated rings. The fourth-order valence-electron chi connectivity index (χ4n) is 2.25. The van der Waals surface area contributed by atoms with Crippen molar-refractivity contribution in [1.82, 2.24) is 5.32 Å². The molecule has 1 amide bonds. The van der Waals surface area contributed by atoms with Gasteiger partial charge in [-0.1, -0.05) is 30.3 Å². The van der Waals surface area contributed by atoms with Gasteiger partial charge in [-0.2, -0.15) is 0 Å². The molecule has 0 saturated heterocycles. The van der Waals surface area contributed by atoms with E-state index in [4.69, 9.17) is 10.5 Å². The Hall–Kier alpha value is -1.59. The number of nitrogens with two attached hydrogens (primary N) is 1. The standard InChI is InChI=1S/C14H20N2O3/c15-12-8-11(6-7-13(12)17)16-14(18)19-9-10-4-2-1-3-5-10/h1-5,11-13,17H,6-9,15H2,(H,16,18)/t11-,12+,13+/m0/s1. The van der Waals surface area contributed by atoms with Gasteiger partial charge in [0.1, 0.15) is 6.61 Å². The number of hydrogen-bond donors (Lipinski definition) is 3. The molecule has 5 heteroatoms.